The molecule has 0 aliphatic carbocycles. The average Bonchev–Trinajstić information content (AvgIpc) is 3.28. The summed E-state index contributed by atoms with van der Waals surface area (Å²) in [5, 5.41) is 11.7. The van der Waals surface area contributed by atoms with E-state index >= 15 is 0 Å². The summed E-state index contributed by atoms with van der Waals surface area (Å²) in [7, 11) is -3.80. The van der Waals surface area contributed by atoms with E-state index in [1.165, 1.54) is 12.1 Å². The fraction of sp³-hybridized carbons (Fsp3) is 0.167. The number of carbonyl (C=O) groups is 2. The third kappa shape index (κ3) is 4.51. The molecule has 1 aliphatic rings. The number of sulfonamides is 1. The Kier molecular flexibility index (Phi) is 6.38. The number of hydrogen-bond acceptors (Lipinski definition) is 5. The minimum absolute atomic E-state index is 0.0430. The molecule has 0 saturated heterocycles. The van der Waals surface area contributed by atoms with E-state index in [0.717, 1.165) is 5.56 Å². The van der Waals surface area contributed by atoms with Crippen LogP contribution in [-0.2, 0) is 21.2 Å². The van der Waals surface area contributed by atoms with Gasteiger partial charge in [0, 0.05) is 29.2 Å². The number of nitrogens with one attached hydrogen (secondary N) is 4. The summed E-state index contributed by atoms with van der Waals surface area (Å²) in [5.74, 6) is -1.05. The van der Waals surface area contributed by atoms with Crippen molar-refractivity contribution in [2.24, 2.45) is 0 Å². The first-order valence-electron chi connectivity index (χ1n) is 10.6. The Bertz CT molecular complexity index is 1410. The standard InChI is InChI=1S/C24H24N4O5S/c1-14-21(26-15(2)22(14)24(30)28-31)13-19-18-12-17(8-9-20(18)27-23(19)29)34(32,33)25-11-10-16-6-4-3-5-7-16/h3-9,12-13,25-26,31H,10-11H2,1-2H3,(H,27,29)(H,28,30)/b19-13+. The Labute approximate surface area is 196 Å². The van der Waals surface area contributed by atoms with Crippen molar-refractivity contribution in [3.8, 4) is 0 Å². The van der Waals surface area contributed by atoms with Gasteiger partial charge in [0.25, 0.3) is 11.8 Å². The molecule has 4 rings (SSSR count). The van der Waals surface area contributed by atoms with Crippen molar-refractivity contribution in [2.45, 2.75) is 25.2 Å². The van der Waals surface area contributed by atoms with Gasteiger partial charge in [0.05, 0.1) is 16.0 Å². The van der Waals surface area contributed by atoms with Gasteiger partial charge >= 0.3 is 0 Å². The van der Waals surface area contributed by atoms with E-state index in [9.17, 15) is 18.0 Å². The van der Waals surface area contributed by atoms with Gasteiger partial charge in [-0.2, -0.15) is 0 Å². The highest BCUT2D eigenvalue weighted by Gasteiger charge is 2.28. The Balaban J connectivity index is 1.62. The van der Waals surface area contributed by atoms with Crippen molar-refractivity contribution in [3.63, 3.8) is 0 Å². The van der Waals surface area contributed by atoms with E-state index in [0.29, 0.717) is 34.6 Å². The van der Waals surface area contributed by atoms with E-state index in [2.05, 4.69) is 15.0 Å². The Hall–Kier alpha value is -3.73. The lowest BCUT2D eigenvalue weighted by Gasteiger charge is -2.08. The Morgan fingerprint density at radius 3 is 2.56 bits per heavy atom. The molecule has 9 nitrogen and oxygen atoms in total. The van der Waals surface area contributed by atoms with Crippen LogP contribution in [0.2, 0.25) is 0 Å². The second kappa shape index (κ2) is 9.26. The number of aromatic amines is 1. The highest BCUT2D eigenvalue weighted by molar-refractivity contribution is 7.89. The number of benzene rings is 2. The number of carbonyl (C=O) groups excluding carboxylic acids is 2. The molecule has 2 aromatic carbocycles. The van der Waals surface area contributed by atoms with Crippen LogP contribution in [0, 0.1) is 13.8 Å². The number of hydrogen-bond donors (Lipinski definition) is 5. The van der Waals surface area contributed by atoms with Crippen LogP contribution in [0.1, 0.15) is 38.4 Å². The van der Waals surface area contributed by atoms with Gasteiger partial charge in [-0.05, 0) is 55.7 Å². The number of aromatic nitrogens is 1. The van der Waals surface area contributed by atoms with Crippen LogP contribution in [0.5, 0.6) is 0 Å². The minimum atomic E-state index is -3.80. The van der Waals surface area contributed by atoms with Crippen molar-refractivity contribution in [1.29, 1.82) is 0 Å². The zero-order valence-corrected chi connectivity index (χ0v) is 19.4. The van der Waals surface area contributed by atoms with E-state index in [4.69, 9.17) is 5.21 Å². The molecule has 34 heavy (non-hydrogen) atoms. The van der Waals surface area contributed by atoms with Crippen molar-refractivity contribution in [2.75, 3.05) is 11.9 Å². The fourth-order valence-corrected chi connectivity index (χ4v) is 5.05. The summed E-state index contributed by atoms with van der Waals surface area (Å²) in [5.41, 5.74) is 5.67. The fourth-order valence-electron chi connectivity index (χ4n) is 3.99. The topological polar surface area (TPSA) is 140 Å². The molecule has 0 atom stereocenters. The monoisotopic (exact) mass is 480 g/mol. The maximum absolute atomic E-state index is 12.9. The first kappa shape index (κ1) is 23.4. The Morgan fingerprint density at radius 2 is 1.85 bits per heavy atom. The normalized spacial score (nSPS) is 14.2. The van der Waals surface area contributed by atoms with E-state index < -0.39 is 15.9 Å². The predicted octanol–water partition coefficient (Wildman–Crippen LogP) is 2.76. The molecule has 0 unspecified atom stereocenters. The van der Waals surface area contributed by atoms with E-state index in [1.54, 1.807) is 31.5 Å². The highest BCUT2D eigenvalue weighted by Crippen LogP contribution is 2.35. The molecule has 5 N–H and O–H groups in total. The average molecular weight is 481 g/mol. The highest BCUT2D eigenvalue weighted by atomic mass is 32.2. The molecule has 10 heteroatoms. The molecule has 0 spiro atoms. The number of amides is 2. The molecular weight excluding hydrogens is 456 g/mol. The van der Waals surface area contributed by atoms with Gasteiger partial charge in [0.15, 0.2) is 0 Å². The van der Waals surface area contributed by atoms with Crippen molar-refractivity contribution in [1.82, 2.24) is 15.2 Å². The van der Waals surface area contributed by atoms with Crippen LogP contribution in [0.4, 0.5) is 5.69 Å². The molecule has 2 heterocycles. The van der Waals surface area contributed by atoms with Crippen molar-refractivity contribution < 1.29 is 23.2 Å². The molecule has 0 fully saturated rings. The summed E-state index contributed by atoms with van der Waals surface area (Å²) in [6, 6.07) is 14.0. The molecule has 2 amide bonds. The van der Waals surface area contributed by atoms with Crippen LogP contribution in [0.25, 0.3) is 11.6 Å². The number of fused-ring (bicyclic) bond motifs is 1. The second-order valence-electron chi connectivity index (χ2n) is 7.96. The summed E-state index contributed by atoms with van der Waals surface area (Å²) >= 11 is 0. The molecule has 0 saturated carbocycles. The molecule has 1 aromatic heterocycles. The van der Waals surface area contributed by atoms with Gasteiger partial charge in [-0.1, -0.05) is 30.3 Å². The predicted molar refractivity (Wildman–Crippen MR) is 128 cm³/mol. The smallest absolute Gasteiger partial charge is 0.276 e. The van der Waals surface area contributed by atoms with E-state index in [1.807, 2.05) is 30.3 Å². The first-order valence-corrected chi connectivity index (χ1v) is 12.0. The van der Waals surface area contributed by atoms with Crippen LogP contribution >= 0.6 is 0 Å². The molecule has 1 aliphatic heterocycles. The number of H-pyrrole nitrogens is 1. The summed E-state index contributed by atoms with van der Waals surface area (Å²) < 4.78 is 28.3. The maximum atomic E-state index is 12.9. The molecule has 176 valence electrons. The lowest BCUT2D eigenvalue weighted by atomic mass is 10.0. The lowest BCUT2D eigenvalue weighted by Crippen LogP contribution is -2.26. The Morgan fingerprint density at radius 1 is 1.12 bits per heavy atom. The molecule has 0 bridgehead atoms. The van der Waals surface area contributed by atoms with Crippen LogP contribution in [0.15, 0.2) is 53.4 Å². The third-order valence-electron chi connectivity index (χ3n) is 5.73. The molecule has 0 radical (unpaired) electrons. The number of rotatable bonds is 7. The van der Waals surface area contributed by atoms with Gasteiger partial charge in [0.2, 0.25) is 10.0 Å². The minimum Gasteiger partial charge on any atom is -0.358 e. The second-order valence-corrected chi connectivity index (χ2v) is 9.72. The number of aryl methyl sites for hydroxylation is 1. The van der Waals surface area contributed by atoms with Gasteiger partial charge in [-0.3, -0.25) is 14.8 Å². The van der Waals surface area contributed by atoms with Gasteiger partial charge in [0.1, 0.15) is 0 Å². The lowest BCUT2D eigenvalue weighted by molar-refractivity contribution is -0.110. The van der Waals surface area contributed by atoms with Crippen molar-refractivity contribution >= 4 is 39.2 Å². The van der Waals surface area contributed by atoms with Gasteiger partial charge in [-0.15, -0.1) is 0 Å². The third-order valence-corrected chi connectivity index (χ3v) is 7.19. The quantitative estimate of drug-likeness (QED) is 0.201. The van der Waals surface area contributed by atoms with Crippen LogP contribution in [0.3, 0.4) is 0 Å². The number of anilines is 1. The zero-order chi connectivity index (χ0) is 24.5. The SMILES string of the molecule is Cc1[nH]c(/C=C2/C(=O)Nc3ccc(S(=O)(=O)NCCc4ccccc4)cc32)c(C)c1C(=O)NO. The van der Waals surface area contributed by atoms with Gasteiger partial charge < -0.3 is 10.3 Å². The largest absolute Gasteiger partial charge is 0.358 e. The first-order chi connectivity index (χ1) is 16.2. The maximum Gasteiger partial charge on any atom is 0.276 e. The molecular formula is C24H24N4O5S. The van der Waals surface area contributed by atoms with E-state index in [-0.39, 0.29) is 28.5 Å². The van der Waals surface area contributed by atoms with Gasteiger partial charge in [-0.25, -0.2) is 18.6 Å². The number of hydroxylamine groups is 1. The summed E-state index contributed by atoms with van der Waals surface area (Å²) in [6.45, 7) is 3.60. The zero-order valence-electron chi connectivity index (χ0n) is 18.6. The van der Waals surface area contributed by atoms with Crippen LogP contribution < -0.4 is 15.5 Å². The van der Waals surface area contributed by atoms with Crippen molar-refractivity contribution in [3.05, 3.63) is 82.2 Å². The summed E-state index contributed by atoms with van der Waals surface area (Å²) in [4.78, 5) is 27.7. The van der Waals surface area contributed by atoms with Crippen LogP contribution in [-0.4, -0.2) is 37.0 Å². The summed E-state index contributed by atoms with van der Waals surface area (Å²) in [6.07, 6.45) is 2.11. The molecule has 3 aromatic rings.